The predicted octanol–water partition coefficient (Wildman–Crippen LogP) is 13.2. The number of rotatable bonds is 30. The van der Waals surface area contributed by atoms with E-state index in [1.165, 1.54) is 43.4 Å². The summed E-state index contributed by atoms with van der Waals surface area (Å²) in [4.78, 5) is 24.4. The molecule has 2 aliphatic carbocycles. The number of ether oxygens (including phenoxy) is 3. The van der Waals surface area contributed by atoms with Gasteiger partial charge in [0.15, 0.2) is 0 Å². The van der Waals surface area contributed by atoms with E-state index in [-0.39, 0.29) is 49.4 Å². The van der Waals surface area contributed by atoms with Crippen LogP contribution in [0.3, 0.4) is 0 Å². The number of thioether (sulfide) groups is 1. The van der Waals surface area contributed by atoms with Gasteiger partial charge in [0.05, 0.1) is 24.8 Å². The van der Waals surface area contributed by atoms with E-state index < -0.39 is 11.8 Å². The molecule has 1 saturated carbocycles. The van der Waals surface area contributed by atoms with Gasteiger partial charge in [-0.25, -0.2) is 0 Å². The zero-order valence-electron chi connectivity index (χ0n) is 41.4. The quantitative estimate of drug-likeness (QED) is 0.0230. The molecule has 7 rings (SSSR count). The molecular formula is C59H78N2O7S. The lowest BCUT2D eigenvalue weighted by Gasteiger charge is -2.60. The van der Waals surface area contributed by atoms with E-state index in [1.807, 2.05) is 18.2 Å². The number of allylic oxidation sites excluding steroid dienone is 1. The molecule has 0 radical (unpaired) electrons. The highest BCUT2D eigenvalue weighted by Gasteiger charge is 2.65. The van der Waals surface area contributed by atoms with Crippen molar-refractivity contribution in [2.75, 3.05) is 39.3 Å². The monoisotopic (exact) mass is 959 g/mol. The Labute approximate surface area is 416 Å². The minimum Gasteiger partial charge on any atom is -0.493 e. The number of oxime groups is 1. The Morgan fingerprint density at radius 2 is 1.59 bits per heavy atom. The molecule has 6 atom stereocenters. The molecule has 4 aromatic rings. The number of carbonyl (C=O) groups is 1. The molecule has 69 heavy (non-hydrogen) atoms. The van der Waals surface area contributed by atoms with E-state index in [0.29, 0.717) is 38.8 Å². The van der Waals surface area contributed by atoms with E-state index in [2.05, 4.69) is 97.3 Å². The third-order valence-corrected chi connectivity index (χ3v) is 15.6. The van der Waals surface area contributed by atoms with Gasteiger partial charge >= 0.3 is 0 Å². The average molecular weight is 959 g/mol. The minimum absolute atomic E-state index is 0.0712. The number of unbranched alkanes of at least 4 members (excludes halogenated alkanes) is 10. The molecule has 0 bridgehead atoms. The Balaban J connectivity index is 1.33. The number of aliphatic hydroxyl groups excluding tert-OH is 2. The number of hydrogen-bond acceptors (Lipinski definition) is 9. The van der Waals surface area contributed by atoms with E-state index in [0.717, 1.165) is 95.4 Å². The maximum absolute atomic E-state index is 15.4. The first-order valence-corrected chi connectivity index (χ1v) is 27.1. The van der Waals surface area contributed by atoms with Crippen LogP contribution in [-0.2, 0) is 20.9 Å². The molecule has 1 amide bonds. The zero-order chi connectivity index (χ0) is 48.3. The molecule has 2 N–H and O–H groups in total. The van der Waals surface area contributed by atoms with Gasteiger partial charge in [-0.15, -0.1) is 18.3 Å². The molecule has 6 unspecified atom stereocenters. The van der Waals surface area contributed by atoms with Crippen LogP contribution in [-0.4, -0.2) is 77.9 Å². The van der Waals surface area contributed by atoms with Gasteiger partial charge in [-0.3, -0.25) is 4.79 Å². The van der Waals surface area contributed by atoms with Crippen molar-refractivity contribution in [3.8, 4) is 11.5 Å². The first-order chi connectivity index (χ1) is 34.0. The number of hydrogen-bond donors (Lipinski definition) is 2. The van der Waals surface area contributed by atoms with Crippen molar-refractivity contribution in [3.63, 3.8) is 0 Å². The topological polar surface area (TPSA) is 110 Å². The van der Waals surface area contributed by atoms with Gasteiger partial charge < -0.3 is 34.2 Å². The van der Waals surface area contributed by atoms with Gasteiger partial charge in [0.2, 0.25) is 11.7 Å². The fourth-order valence-corrected chi connectivity index (χ4v) is 12.2. The highest BCUT2D eigenvalue weighted by molar-refractivity contribution is 7.99. The number of aliphatic hydroxyl groups is 2. The Kier molecular flexibility index (Phi) is 20.5. The number of fused-ring (bicyclic) bond motifs is 3. The summed E-state index contributed by atoms with van der Waals surface area (Å²) in [6.45, 7) is 7.77. The molecule has 0 aromatic heterocycles. The van der Waals surface area contributed by atoms with Gasteiger partial charge in [0, 0.05) is 54.7 Å². The van der Waals surface area contributed by atoms with Crippen LogP contribution < -0.4 is 9.47 Å². The lowest BCUT2D eigenvalue weighted by Crippen LogP contribution is -2.70. The summed E-state index contributed by atoms with van der Waals surface area (Å²) in [5, 5.41) is 27.1. The van der Waals surface area contributed by atoms with Gasteiger partial charge in [0.1, 0.15) is 24.7 Å². The summed E-state index contributed by atoms with van der Waals surface area (Å²) in [6, 6.07) is 30.8. The summed E-state index contributed by atoms with van der Waals surface area (Å²) < 4.78 is 21.4. The minimum atomic E-state index is -1.33. The highest BCUT2D eigenvalue weighted by atomic mass is 32.2. The van der Waals surface area contributed by atoms with E-state index >= 15 is 4.79 Å². The summed E-state index contributed by atoms with van der Waals surface area (Å²) in [5.74, 6) is 0.783. The van der Waals surface area contributed by atoms with Crippen molar-refractivity contribution < 1.29 is 34.1 Å². The second-order valence-electron chi connectivity index (χ2n) is 19.2. The zero-order valence-corrected chi connectivity index (χ0v) is 42.2. The average Bonchev–Trinajstić information content (AvgIpc) is 3.37. The fourth-order valence-electron chi connectivity index (χ4n) is 11.4. The fraction of sp³-hybridized carbons (Fsp3) is 0.525. The maximum atomic E-state index is 15.4. The van der Waals surface area contributed by atoms with Crippen molar-refractivity contribution in [3.05, 3.63) is 126 Å². The molecule has 3 aliphatic rings. The van der Waals surface area contributed by atoms with Crippen LogP contribution in [0.25, 0.3) is 10.8 Å². The van der Waals surface area contributed by atoms with Crippen molar-refractivity contribution in [1.82, 2.24) is 4.90 Å². The van der Waals surface area contributed by atoms with Crippen LogP contribution in [0.5, 0.6) is 11.5 Å². The molecule has 4 aromatic carbocycles. The van der Waals surface area contributed by atoms with Gasteiger partial charge in [-0.2, -0.15) is 0 Å². The predicted molar refractivity (Wildman–Crippen MR) is 281 cm³/mol. The highest BCUT2D eigenvalue weighted by Crippen LogP contribution is 2.62. The molecule has 0 saturated heterocycles. The van der Waals surface area contributed by atoms with Crippen molar-refractivity contribution >= 4 is 34.2 Å². The molecule has 10 heteroatoms. The number of amides is 1. The SMILES string of the molecule is C=CCOC12Oc3ccc(OCCSc4ccccc4)cc3C3C(CCCCO)C(CCCCO)C=C(C(=NOC)CC1N(Cc1cccc4ccccc14)C(=O)CCCCCCCCCCC)C32. The molecule has 9 nitrogen and oxygen atoms in total. The van der Waals surface area contributed by atoms with Crippen LogP contribution in [0.2, 0.25) is 0 Å². The summed E-state index contributed by atoms with van der Waals surface area (Å²) in [7, 11) is 1.60. The second kappa shape index (κ2) is 27.1. The van der Waals surface area contributed by atoms with Gasteiger partial charge in [0.25, 0.3) is 0 Å². The van der Waals surface area contributed by atoms with E-state index in [4.69, 9.17) is 24.2 Å². The van der Waals surface area contributed by atoms with E-state index in [9.17, 15) is 10.2 Å². The Morgan fingerprint density at radius 1 is 0.870 bits per heavy atom. The van der Waals surface area contributed by atoms with Gasteiger partial charge in [-0.05, 0) is 96.2 Å². The molecule has 1 fully saturated rings. The number of nitrogens with zero attached hydrogens (tertiary/aromatic N) is 2. The first-order valence-electron chi connectivity index (χ1n) is 26.1. The molecule has 372 valence electrons. The molecule has 1 aliphatic heterocycles. The Hall–Kier alpha value is -4.61. The summed E-state index contributed by atoms with van der Waals surface area (Å²) in [5.41, 5.74) is 3.94. The first kappa shape index (κ1) is 52.2. The van der Waals surface area contributed by atoms with E-state index in [1.54, 1.807) is 24.9 Å². The van der Waals surface area contributed by atoms with Crippen LogP contribution in [0.4, 0.5) is 0 Å². The lowest BCUT2D eigenvalue weighted by molar-refractivity contribution is -0.258. The number of benzene rings is 4. The Morgan fingerprint density at radius 3 is 2.35 bits per heavy atom. The summed E-state index contributed by atoms with van der Waals surface area (Å²) in [6.07, 6.45) is 20.3. The second-order valence-corrected chi connectivity index (χ2v) is 20.4. The van der Waals surface area contributed by atoms with Crippen LogP contribution in [0, 0.1) is 17.8 Å². The molecule has 0 spiro atoms. The van der Waals surface area contributed by atoms with Crippen LogP contribution in [0.15, 0.2) is 125 Å². The smallest absolute Gasteiger partial charge is 0.239 e. The van der Waals surface area contributed by atoms with Crippen molar-refractivity contribution in [1.29, 1.82) is 0 Å². The maximum Gasteiger partial charge on any atom is 0.239 e. The largest absolute Gasteiger partial charge is 0.493 e. The van der Waals surface area contributed by atoms with Gasteiger partial charge in [-0.1, -0.05) is 149 Å². The van der Waals surface area contributed by atoms with Crippen LogP contribution >= 0.6 is 11.8 Å². The lowest BCUT2D eigenvalue weighted by atomic mass is 9.55. The molecular weight excluding hydrogens is 881 g/mol. The number of carbonyl (C=O) groups excluding carboxylic acids is 1. The standard InChI is InChI=1S/C59H78N2O7S/c1-4-6-7-8-9-10-11-12-16-32-56(64)61(43-46-27-23-26-44-24-17-18-30-49(44)46)55-42-53(60-65-3)51-40-45(25-19-21-35-62)50(31-20-22-36-63)57-52-41-47(66-38-39-69-48-28-14-13-15-29-48)33-34-54(52)68-59(55,58(51)57)67-37-5-2/h5,13-15,17-18,23-24,26-30,33-34,40-41,45,50,55,57-58,62-63H,2,4,6-12,16,19-22,25,31-32,35-39,42-43H2,1,3H3. The third-order valence-electron chi connectivity index (χ3n) is 14.6. The third kappa shape index (κ3) is 13.2. The van der Waals surface area contributed by atoms with Crippen molar-refractivity contribution in [2.24, 2.45) is 22.9 Å². The summed E-state index contributed by atoms with van der Waals surface area (Å²) >= 11 is 1.77. The Bertz CT molecular complexity index is 2280. The molecule has 1 heterocycles. The van der Waals surface area contributed by atoms with Crippen LogP contribution in [0.1, 0.15) is 133 Å². The normalized spacial score (nSPS) is 22.1. The van der Waals surface area contributed by atoms with Crippen molar-refractivity contribution in [2.45, 2.75) is 145 Å².